The Bertz CT molecular complexity index is 887. The molecule has 0 bridgehead atoms. The normalized spacial score (nSPS) is 12.7. The third-order valence-corrected chi connectivity index (χ3v) is 4.51. The molecule has 0 aliphatic rings. The molecule has 1 rings (SSSR count). The summed E-state index contributed by atoms with van der Waals surface area (Å²) in [5.74, 6) is 0. The standard InChI is InChI=1S/C24H34N4O4.C2H6/c1-6-11-18(3)22(28(30)31)16-15-19(4)23(27-25-5)21(12-7-2)26-24(29)32-17-20-13-9-8-10-14-20;1-2/h8-11,13-16,25,27H,6-7,12,17H2,1-5H3,(H,26,29);1-2H3/b18-11+,19-15+,22-16+,23-21+;. The van der Waals surface area contributed by atoms with Crippen LogP contribution >= 0.6 is 0 Å². The lowest BCUT2D eigenvalue weighted by molar-refractivity contribution is -0.420. The van der Waals surface area contributed by atoms with Gasteiger partial charge < -0.3 is 10.2 Å². The van der Waals surface area contributed by atoms with Crippen molar-refractivity contribution < 1.29 is 14.5 Å². The molecule has 0 atom stereocenters. The highest BCUT2D eigenvalue weighted by molar-refractivity contribution is 5.70. The number of hydrogen-bond donors (Lipinski definition) is 3. The zero-order chi connectivity index (χ0) is 25.9. The average Bonchev–Trinajstić information content (AvgIpc) is 2.83. The maximum absolute atomic E-state index is 12.4. The number of carbonyl (C=O) groups excluding carboxylic acids is 1. The van der Waals surface area contributed by atoms with Crippen molar-refractivity contribution in [1.29, 1.82) is 0 Å². The SMILES string of the molecule is CC.CC/C=C(C)/C(=C\C=C(C)\C(NNC)=C(\CCC)NC(=O)OCc1ccccc1)[N+](=O)[O-]. The van der Waals surface area contributed by atoms with Crippen LogP contribution in [-0.2, 0) is 11.3 Å². The van der Waals surface area contributed by atoms with E-state index in [0.29, 0.717) is 29.8 Å². The molecular formula is C26H40N4O4. The monoisotopic (exact) mass is 472 g/mol. The van der Waals surface area contributed by atoms with E-state index in [-0.39, 0.29) is 12.3 Å². The molecule has 34 heavy (non-hydrogen) atoms. The molecule has 0 unspecified atom stereocenters. The number of rotatable bonds is 12. The molecule has 8 nitrogen and oxygen atoms in total. The van der Waals surface area contributed by atoms with Crippen molar-refractivity contribution in [3.63, 3.8) is 0 Å². The first-order valence-corrected chi connectivity index (χ1v) is 11.7. The first-order chi connectivity index (χ1) is 16.3. The smallest absolute Gasteiger partial charge is 0.411 e. The number of nitrogens with one attached hydrogen (secondary N) is 3. The van der Waals surface area contributed by atoms with Crippen molar-refractivity contribution in [3.05, 3.63) is 92.5 Å². The first kappa shape index (κ1) is 30.6. The van der Waals surface area contributed by atoms with Crippen LogP contribution < -0.4 is 16.2 Å². The summed E-state index contributed by atoms with van der Waals surface area (Å²) in [4.78, 5) is 23.5. The van der Waals surface area contributed by atoms with E-state index in [1.807, 2.05) is 71.0 Å². The summed E-state index contributed by atoms with van der Waals surface area (Å²) >= 11 is 0. The summed E-state index contributed by atoms with van der Waals surface area (Å²) in [6.07, 6.45) is 6.46. The molecule has 1 aromatic rings. The van der Waals surface area contributed by atoms with Crippen molar-refractivity contribution in [3.8, 4) is 0 Å². The summed E-state index contributed by atoms with van der Waals surface area (Å²) in [6, 6.07) is 9.42. The van der Waals surface area contributed by atoms with E-state index in [2.05, 4.69) is 16.2 Å². The topological polar surface area (TPSA) is 106 Å². The fourth-order valence-corrected chi connectivity index (χ4v) is 2.95. The van der Waals surface area contributed by atoms with Crippen LogP contribution in [0.25, 0.3) is 0 Å². The van der Waals surface area contributed by atoms with Gasteiger partial charge in [-0.2, -0.15) is 0 Å². The van der Waals surface area contributed by atoms with Gasteiger partial charge in [-0.3, -0.25) is 15.4 Å². The minimum atomic E-state index is -0.566. The Hall–Kier alpha value is -3.39. The zero-order valence-corrected chi connectivity index (χ0v) is 21.5. The maximum Gasteiger partial charge on any atom is 0.411 e. The molecular weight excluding hydrogens is 432 g/mol. The van der Waals surface area contributed by atoms with E-state index in [1.54, 1.807) is 20.0 Å². The predicted molar refractivity (Wildman–Crippen MR) is 138 cm³/mol. The summed E-state index contributed by atoms with van der Waals surface area (Å²) in [5, 5.41) is 14.3. The molecule has 1 aromatic carbocycles. The van der Waals surface area contributed by atoms with E-state index >= 15 is 0 Å². The van der Waals surface area contributed by atoms with Gasteiger partial charge in [0.05, 0.1) is 10.6 Å². The Morgan fingerprint density at radius 3 is 2.26 bits per heavy atom. The van der Waals surface area contributed by atoms with Gasteiger partial charge in [0.1, 0.15) is 6.61 Å². The lowest BCUT2D eigenvalue weighted by atomic mass is 10.1. The van der Waals surface area contributed by atoms with Gasteiger partial charge >= 0.3 is 6.09 Å². The highest BCUT2D eigenvalue weighted by Gasteiger charge is 2.15. The predicted octanol–water partition coefficient (Wildman–Crippen LogP) is 6.14. The second kappa shape index (κ2) is 18.1. The molecule has 0 aliphatic heterocycles. The number of benzene rings is 1. The Morgan fingerprint density at radius 1 is 1.09 bits per heavy atom. The first-order valence-electron chi connectivity index (χ1n) is 11.7. The van der Waals surface area contributed by atoms with Crippen LogP contribution in [0.4, 0.5) is 4.79 Å². The van der Waals surface area contributed by atoms with Crippen LogP contribution in [-0.4, -0.2) is 18.1 Å². The van der Waals surface area contributed by atoms with Crippen LogP contribution in [0.15, 0.2) is 76.8 Å². The van der Waals surface area contributed by atoms with Crippen LogP contribution in [0, 0.1) is 10.1 Å². The van der Waals surface area contributed by atoms with Gasteiger partial charge in [-0.05, 0) is 37.8 Å². The van der Waals surface area contributed by atoms with E-state index < -0.39 is 11.0 Å². The lowest BCUT2D eigenvalue weighted by Gasteiger charge is -2.18. The van der Waals surface area contributed by atoms with Crippen molar-refractivity contribution in [2.24, 2.45) is 0 Å². The quantitative estimate of drug-likeness (QED) is 0.192. The van der Waals surface area contributed by atoms with Gasteiger partial charge in [0.15, 0.2) is 0 Å². The minimum absolute atomic E-state index is 0.0299. The molecule has 0 fully saturated rings. The third-order valence-electron chi connectivity index (χ3n) is 4.51. The van der Waals surface area contributed by atoms with Crippen LogP contribution in [0.3, 0.4) is 0 Å². The fourth-order valence-electron chi connectivity index (χ4n) is 2.95. The maximum atomic E-state index is 12.4. The number of amides is 1. The Kier molecular flexibility index (Phi) is 16.3. The van der Waals surface area contributed by atoms with Gasteiger partial charge in [0.2, 0.25) is 0 Å². The number of nitrogens with zero attached hydrogens (tertiary/aromatic N) is 1. The summed E-state index contributed by atoms with van der Waals surface area (Å²) < 4.78 is 5.34. The summed E-state index contributed by atoms with van der Waals surface area (Å²) in [6.45, 7) is 11.6. The van der Waals surface area contributed by atoms with Crippen molar-refractivity contribution >= 4 is 6.09 Å². The molecule has 0 radical (unpaired) electrons. The lowest BCUT2D eigenvalue weighted by Crippen LogP contribution is -2.33. The van der Waals surface area contributed by atoms with Crippen LogP contribution in [0.5, 0.6) is 0 Å². The second-order valence-corrected chi connectivity index (χ2v) is 7.12. The van der Waals surface area contributed by atoms with Gasteiger partial charge in [0, 0.05) is 24.4 Å². The van der Waals surface area contributed by atoms with Crippen molar-refractivity contribution in [2.75, 3.05) is 7.05 Å². The number of allylic oxidation sites excluding steroid dienone is 6. The number of hydrazine groups is 1. The van der Waals surface area contributed by atoms with Crippen LogP contribution in [0.1, 0.15) is 66.4 Å². The number of ether oxygens (including phenoxy) is 1. The Balaban J connectivity index is 0.00000529. The van der Waals surface area contributed by atoms with E-state index in [9.17, 15) is 14.9 Å². The summed E-state index contributed by atoms with van der Waals surface area (Å²) in [7, 11) is 1.71. The zero-order valence-electron chi connectivity index (χ0n) is 21.5. The van der Waals surface area contributed by atoms with Gasteiger partial charge in [0.25, 0.3) is 5.70 Å². The van der Waals surface area contributed by atoms with Gasteiger partial charge in [-0.25, -0.2) is 10.2 Å². The number of hydrogen-bond acceptors (Lipinski definition) is 6. The fraction of sp³-hybridized carbons (Fsp3) is 0.423. The highest BCUT2D eigenvalue weighted by atomic mass is 16.6. The van der Waals surface area contributed by atoms with E-state index in [1.165, 1.54) is 6.08 Å². The second-order valence-electron chi connectivity index (χ2n) is 7.12. The number of alkyl carbamates (subject to hydrolysis) is 1. The van der Waals surface area contributed by atoms with Crippen molar-refractivity contribution in [2.45, 2.75) is 67.4 Å². The Labute approximate surface area is 204 Å². The molecule has 0 aliphatic carbocycles. The number of nitro groups is 1. The molecule has 0 aromatic heterocycles. The van der Waals surface area contributed by atoms with Crippen LogP contribution in [0.2, 0.25) is 0 Å². The Morgan fingerprint density at radius 2 is 1.74 bits per heavy atom. The minimum Gasteiger partial charge on any atom is -0.444 e. The molecule has 0 saturated carbocycles. The third kappa shape index (κ3) is 11.5. The molecule has 0 heterocycles. The molecule has 1 amide bonds. The molecule has 188 valence electrons. The molecule has 0 saturated heterocycles. The average molecular weight is 473 g/mol. The van der Waals surface area contributed by atoms with Crippen molar-refractivity contribution in [1.82, 2.24) is 16.2 Å². The van der Waals surface area contributed by atoms with Gasteiger partial charge in [-0.15, -0.1) is 0 Å². The molecule has 0 spiro atoms. The molecule has 3 N–H and O–H groups in total. The largest absolute Gasteiger partial charge is 0.444 e. The number of carbonyl (C=O) groups is 1. The summed E-state index contributed by atoms with van der Waals surface area (Å²) in [5.41, 5.74) is 9.39. The molecule has 8 heteroatoms. The van der Waals surface area contributed by atoms with Gasteiger partial charge in [-0.1, -0.05) is 76.6 Å². The van der Waals surface area contributed by atoms with E-state index in [0.717, 1.165) is 17.6 Å². The van der Waals surface area contributed by atoms with E-state index in [4.69, 9.17) is 4.74 Å². The highest BCUT2D eigenvalue weighted by Crippen LogP contribution is 2.17.